The maximum atomic E-state index is 13.6. The van der Waals surface area contributed by atoms with Gasteiger partial charge in [-0.2, -0.15) is 0 Å². The maximum absolute atomic E-state index is 13.6. The second kappa shape index (κ2) is 6.71. The van der Waals surface area contributed by atoms with Gasteiger partial charge in [-0.15, -0.1) is 0 Å². The average Bonchev–Trinajstić information content (AvgIpc) is 3.13. The lowest BCUT2D eigenvalue weighted by atomic mass is 9.82. The zero-order valence-electron chi connectivity index (χ0n) is 16.5. The van der Waals surface area contributed by atoms with E-state index >= 15 is 0 Å². The van der Waals surface area contributed by atoms with Gasteiger partial charge in [0.05, 0.1) is 24.2 Å². The summed E-state index contributed by atoms with van der Waals surface area (Å²) in [5.74, 6) is 1.20. The molecule has 0 atom stereocenters. The molecule has 0 unspecified atom stereocenters. The number of amides is 1. The molecule has 2 aromatic rings. The van der Waals surface area contributed by atoms with Crippen molar-refractivity contribution in [2.45, 2.75) is 45.7 Å². The molecule has 1 N–H and O–H groups in total. The molecule has 1 spiro atoms. The second-order valence-corrected chi connectivity index (χ2v) is 9.03. The Bertz CT molecular complexity index is 799. The summed E-state index contributed by atoms with van der Waals surface area (Å²) in [6.07, 6.45) is 3.33. The number of para-hydroxylation sites is 2. The van der Waals surface area contributed by atoms with E-state index in [1.54, 1.807) is 6.26 Å². The predicted octanol–water partition coefficient (Wildman–Crippen LogP) is 4.12. The number of likely N-dealkylation sites (tertiary alicyclic amines) is 1. The minimum absolute atomic E-state index is 0.0429. The first-order valence-corrected chi connectivity index (χ1v) is 9.80. The maximum Gasteiger partial charge on any atom is 0.252 e. The summed E-state index contributed by atoms with van der Waals surface area (Å²) in [5.41, 5.74) is 1.61. The molecule has 2 aliphatic rings. The first-order chi connectivity index (χ1) is 12.9. The van der Waals surface area contributed by atoms with Crippen molar-refractivity contribution in [3.05, 3.63) is 48.4 Å². The number of anilines is 2. The molecule has 1 amide bonds. The number of nitrogens with zero attached hydrogens (tertiary/aromatic N) is 2. The van der Waals surface area contributed by atoms with E-state index in [0.29, 0.717) is 0 Å². The Morgan fingerprint density at radius 3 is 2.52 bits per heavy atom. The van der Waals surface area contributed by atoms with Crippen LogP contribution in [0.3, 0.4) is 0 Å². The first-order valence-electron chi connectivity index (χ1n) is 9.80. The van der Waals surface area contributed by atoms with Gasteiger partial charge < -0.3 is 14.6 Å². The molecule has 5 nitrogen and oxygen atoms in total. The Labute approximate surface area is 161 Å². The van der Waals surface area contributed by atoms with E-state index < -0.39 is 5.54 Å². The van der Waals surface area contributed by atoms with E-state index in [2.05, 4.69) is 37.1 Å². The summed E-state index contributed by atoms with van der Waals surface area (Å²) in [6.45, 7) is 9.84. The molecule has 1 saturated heterocycles. The molecule has 1 aromatic heterocycles. The quantitative estimate of drug-likeness (QED) is 0.887. The third kappa shape index (κ3) is 3.61. The third-order valence-electron chi connectivity index (χ3n) is 5.52. The van der Waals surface area contributed by atoms with Crippen LogP contribution in [0, 0.1) is 5.41 Å². The van der Waals surface area contributed by atoms with Crippen molar-refractivity contribution in [1.29, 1.82) is 0 Å². The average molecular weight is 367 g/mol. The van der Waals surface area contributed by atoms with Crippen molar-refractivity contribution in [2.24, 2.45) is 5.41 Å². The third-order valence-corrected chi connectivity index (χ3v) is 5.52. The lowest BCUT2D eigenvalue weighted by Gasteiger charge is -2.48. The van der Waals surface area contributed by atoms with Gasteiger partial charge in [0.25, 0.3) is 5.91 Å². The number of fused-ring (bicyclic) bond motifs is 1. The molecule has 144 valence electrons. The van der Waals surface area contributed by atoms with Gasteiger partial charge in [-0.25, -0.2) is 0 Å². The molecule has 0 aliphatic carbocycles. The van der Waals surface area contributed by atoms with Gasteiger partial charge >= 0.3 is 0 Å². The number of piperidine rings is 1. The summed E-state index contributed by atoms with van der Waals surface area (Å²) < 4.78 is 5.48. The summed E-state index contributed by atoms with van der Waals surface area (Å²) >= 11 is 0. The predicted molar refractivity (Wildman–Crippen MR) is 108 cm³/mol. The van der Waals surface area contributed by atoms with Gasteiger partial charge in [-0.05, 0) is 42.5 Å². The molecular weight excluding hydrogens is 338 g/mol. The lowest BCUT2D eigenvalue weighted by molar-refractivity contribution is -0.125. The zero-order valence-corrected chi connectivity index (χ0v) is 16.5. The lowest BCUT2D eigenvalue weighted by Crippen LogP contribution is -2.62. The van der Waals surface area contributed by atoms with E-state index in [1.165, 1.54) is 0 Å². The largest absolute Gasteiger partial charge is 0.468 e. The molecule has 4 rings (SSSR count). The SMILES string of the molecule is CC(C)(C)CN1C(=O)C2(CCN(Cc3ccco3)CC2)Nc2ccccc21. The van der Waals surface area contributed by atoms with Crippen LogP contribution in [0.5, 0.6) is 0 Å². The summed E-state index contributed by atoms with van der Waals surface area (Å²) in [6, 6.07) is 12.1. The van der Waals surface area contributed by atoms with Crippen LogP contribution in [0.15, 0.2) is 47.1 Å². The van der Waals surface area contributed by atoms with E-state index in [1.807, 2.05) is 35.2 Å². The normalized spacial score (nSPS) is 19.8. The number of carbonyl (C=O) groups excluding carboxylic acids is 1. The number of carbonyl (C=O) groups is 1. The van der Waals surface area contributed by atoms with E-state index in [0.717, 1.165) is 56.2 Å². The molecule has 27 heavy (non-hydrogen) atoms. The fourth-order valence-electron chi connectivity index (χ4n) is 4.18. The second-order valence-electron chi connectivity index (χ2n) is 9.03. The van der Waals surface area contributed by atoms with Gasteiger partial charge in [0.1, 0.15) is 11.3 Å². The van der Waals surface area contributed by atoms with Crippen molar-refractivity contribution in [3.63, 3.8) is 0 Å². The molecule has 0 radical (unpaired) electrons. The molecule has 0 saturated carbocycles. The van der Waals surface area contributed by atoms with Gasteiger partial charge in [-0.3, -0.25) is 9.69 Å². The van der Waals surface area contributed by atoms with E-state index in [9.17, 15) is 4.79 Å². The Balaban J connectivity index is 1.56. The number of rotatable bonds is 3. The number of hydrogen-bond acceptors (Lipinski definition) is 4. The van der Waals surface area contributed by atoms with Gasteiger partial charge in [0.2, 0.25) is 0 Å². The van der Waals surface area contributed by atoms with Crippen LogP contribution in [0.2, 0.25) is 0 Å². The van der Waals surface area contributed by atoms with Gasteiger partial charge in [-0.1, -0.05) is 32.9 Å². The summed E-state index contributed by atoms with van der Waals surface area (Å²) in [5, 5.41) is 3.62. The van der Waals surface area contributed by atoms with Crippen LogP contribution in [0.25, 0.3) is 0 Å². The van der Waals surface area contributed by atoms with E-state index in [4.69, 9.17) is 4.42 Å². The minimum Gasteiger partial charge on any atom is -0.468 e. The highest BCUT2D eigenvalue weighted by Gasteiger charge is 2.48. The van der Waals surface area contributed by atoms with Crippen LogP contribution in [-0.2, 0) is 11.3 Å². The minimum atomic E-state index is -0.501. The van der Waals surface area contributed by atoms with Gasteiger partial charge in [0.15, 0.2) is 0 Å². The number of nitrogens with one attached hydrogen (secondary N) is 1. The highest BCUT2D eigenvalue weighted by atomic mass is 16.3. The van der Waals surface area contributed by atoms with Crippen molar-refractivity contribution in [1.82, 2.24) is 4.90 Å². The molecular formula is C22H29N3O2. The van der Waals surface area contributed by atoms with Crippen LogP contribution in [0.1, 0.15) is 39.4 Å². The standard InChI is InChI=1S/C22H29N3O2/c1-21(2,3)16-25-19-9-5-4-8-18(19)23-22(20(25)26)10-12-24(13-11-22)15-17-7-6-14-27-17/h4-9,14,23H,10-13,15-16H2,1-3H3. The first kappa shape index (κ1) is 18.1. The fraction of sp³-hybridized carbons (Fsp3) is 0.500. The highest BCUT2D eigenvalue weighted by Crippen LogP contribution is 2.41. The van der Waals surface area contributed by atoms with Crippen molar-refractivity contribution in [3.8, 4) is 0 Å². The molecule has 5 heteroatoms. The zero-order chi connectivity index (χ0) is 19.1. The van der Waals surface area contributed by atoms with Crippen LogP contribution >= 0.6 is 0 Å². The van der Waals surface area contributed by atoms with Crippen LogP contribution < -0.4 is 10.2 Å². The van der Waals surface area contributed by atoms with Crippen LogP contribution in [0.4, 0.5) is 11.4 Å². The Morgan fingerprint density at radius 1 is 1.11 bits per heavy atom. The number of benzene rings is 1. The Morgan fingerprint density at radius 2 is 1.85 bits per heavy atom. The van der Waals surface area contributed by atoms with Crippen molar-refractivity contribution >= 4 is 17.3 Å². The Kier molecular flexibility index (Phi) is 4.50. The molecule has 1 aromatic carbocycles. The monoisotopic (exact) mass is 367 g/mol. The summed E-state index contributed by atoms with van der Waals surface area (Å²) in [7, 11) is 0. The number of hydrogen-bond donors (Lipinski definition) is 1. The topological polar surface area (TPSA) is 48.7 Å². The molecule has 2 aliphatic heterocycles. The van der Waals surface area contributed by atoms with Crippen molar-refractivity contribution < 1.29 is 9.21 Å². The van der Waals surface area contributed by atoms with Gasteiger partial charge in [0, 0.05) is 19.6 Å². The smallest absolute Gasteiger partial charge is 0.252 e. The highest BCUT2D eigenvalue weighted by molar-refractivity contribution is 6.08. The fourth-order valence-corrected chi connectivity index (χ4v) is 4.18. The number of furan rings is 1. The molecule has 3 heterocycles. The molecule has 0 bridgehead atoms. The van der Waals surface area contributed by atoms with E-state index in [-0.39, 0.29) is 11.3 Å². The van der Waals surface area contributed by atoms with Crippen LogP contribution in [-0.4, -0.2) is 36.0 Å². The Hall–Kier alpha value is -2.27. The van der Waals surface area contributed by atoms with Crippen molar-refractivity contribution in [2.75, 3.05) is 29.9 Å². The summed E-state index contributed by atoms with van der Waals surface area (Å²) in [4.78, 5) is 18.0. The molecule has 1 fully saturated rings.